The molecule has 0 amide bonds. The number of nitro benzene ring substituents is 1. The van der Waals surface area contributed by atoms with Gasteiger partial charge in [0.1, 0.15) is 5.75 Å². The lowest BCUT2D eigenvalue weighted by Gasteiger charge is -2.38. The Hall–Kier alpha value is -2.34. The number of benzene rings is 2. The van der Waals surface area contributed by atoms with Gasteiger partial charge < -0.3 is 10.1 Å². The Labute approximate surface area is 154 Å². The number of nitrogens with one attached hydrogen (secondary N) is 1. The van der Waals surface area contributed by atoms with Crippen LogP contribution < -0.4 is 10.1 Å². The molecule has 5 nitrogen and oxygen atoms in total. The highest BCUT2D eigenvalue weighted by molar-refractivity contribution is 9.10. The van der Waals surface area contributed by atoms with Crippen LogP contribution in [-0.2, 0) is 0 Å². The van der Waals surface area contributed by atoms with Crippen molar-refractivity contribution in [1.82, 2.24) is 0 Å². The third kappa shape index (κ3) is 2.61. The van der Waals surface area contributed by atoms with E-state index in [1.807, 2.05) is 18.2 Å². The summed E-state index contributed by atoms with van der Waals surface area (Å²) in [5.41, 5.74) is 3.04. The SMILES string of the molecule is COc1cc([N+](=O)[O-])cc2c1N[C@H](c1ccccc1Br)[C@@H]1CC=C[C@H]21. The molecule has 128 valence electrons. The topological polar surface area (TPSA) is 64.4 Å². The first kappa shape index (κ1) is 16.1. The molecule has 0 fully saturated rings. The van der Waals surface area contributed by atoms with Crippen molar-refractivity contribution in [3.63, 3.8) is 0 Å². The molecule has 0 radical (unpaired) electrons. The van der Waals surface area contributed by atoms with Crippen LogP contribution in [0.4, 0.5) is 11.4 Å². The van der Waals surface area contributed by atoms with Gasteiger partial charge in [0, 0.05) is 16.5 Å². The third-order valence-corrected chi connectivity index (χ3v) is 5.81. The smallest absolute Gasteiger partial charge is 0.273 e. The molecule has 1 N–H and O–H groups in total. The third-order valence-electron chi connectivity index (χ3n) is 5.09. The molecule has 2 aliphatic rings. The molecule has 2 aromatic carbocycles. The molecule has 0 spiro atoms. The predicted octanol–water partition coefficient (Wildman–Crippen LogP) is 5.19. The lowest BCUT2D eigenvalue weighted by atomic mass is 9.76. The van der Waals surface area contributed by atoms with Crippen molar-refractivity contribution in [3.8, 4) is 5.75 Å². The van der Waals surface area contributed by atoms with Gasteiger partial charge in [0.25, 0.3) is 5.69 Å². The van der Waals surface area contributed by atoms with Crippen LogP contribution in [0.15, 0.2) is 53.0 Å². The van der Waals surface area contributed by atoms with Gasteiger partial charge in [0.15, 0.2) is 0 Å². The van der Waals surface area contributed by atoms with Crippen LogP contribution in [-0.4, -0.2) is 12.0 Å². The summed E-state index contributed by atoms with van der Waals surface area (Å²) in [6.45, 7) is 0. The van der Waals surface area contributed by atoms with Gasteiger partial charge >= 0.3 is 0 Å². The lowest BCUT2D eigenvalue weighted by Crippen LogP contribution is -2.29. The Morgan fingerprint density at radius 3 is 2.80 bits per heavy atom. The van der Waals surface area contributed by atoms with Crippen LogP contribution in [0.2, 0.25) is 0 Å². The number of anilines is 1. The first-order valence-corrected chi connectivity index (χ1v) is 8.93. The molecule has 4 rings (SSSR count). The Kier molecular flexibility index (Phi) is 4.00. The molecule has 0 aromatic heterocycles. The first-order chi connectivity index (χ1) is 12.1. The van der Waals surface area contributed by atoms with Crippen molar-refractivity contribution in [2.45, 2.75) is 18.4 Å². The van der Waals surface area contributed by atoms with E-state index < -0.39 is 0 Å². The predicted molar refractivity (Wildman–Crippen MR) is 100 cm³/mol. The van der Waals surface area contributed by atoms with Gasteiger partial charge in [-0.15, -0.1) is 0 Å². The van der Waals surface area contributed by atoms with Gasteiger partial charge in [-0.3, -0.25) is 10.1 Å². The summed E-state index contributed by atoms with van der Waals surface area (Å²) in [5, 5.41) is 14.9. The number of non-ortho nitro benzene ring substituents is 1. The molecule has 3 atom stereocenters. The van der Waals surface area contributed by atoms with Crippen molar-refractivity contribution in [2.24, 2.45) is 5.92 Å². The molecule has 1 aliphatic carbocycles. The number of methoxy groups -OCH3 is 1. The minimum atomic E-state index is -0.365. The van der Waals surface area contributed by atoms with E-state index in [1.165, 1.54) is 11.6 Å². The molecule has 6 heteroatoms. The van der Waals surface area contributed by atoms with Crippen molar-refractivity contribution in [1.29, 1.82) is 0 Å². The number of hydrogen-bond donors (Lipinski definition) is 1. The fourth-order valence-electron chi connectivity index (χ4n) is 3.95. The van der Waals surface area contributed by atoms with Crippen molar-refractivity contribution in [2.75, 3.05) is 12.4 Å². The van der Waals surface area contributed by atoms with Crippen LogP contribution in [0.25, 0.3) is 0 Å². The average Bonchev–Trinajstić information content (AvgIpc) is 3.10. The average molecular weight is 401 g/mol. The molecule has 1 aliphatic heterocycles. The molecule has 25 heavy (non-hydrogen) atoms. The number of hydrogen-bond acceptors (Lipinski definition) is 4. The van der Waals surface area contributed by atoms with Gasteiger partial charge in [-0.25, -0.2) is 0 Å². The van der Waals surface area contributed by atoms with Crippen molar-refractivity contribution >= 4 is 27.3 Å². The highest BCUT2D eigenvalue weighted by Crippen LogP contribution is 2.53. The Morgan fingerprint density at radius 1 is 1.28 bits per heavy atom. The van der Waals surface area contributed by atoms with Crippen molar-refractivity contribution in [3.05, 3.63) is 74.3 Å². The van der Waals surface area contributed by atoms with E-state index in [0.29, 0.717) is 11.7 Å². The maximum Gasteiger partial charge on any atom is 0.273 e. The van der Waals surface area contributed by atoms with Crippen LogP contribution in [0, 0.1) is 16.0 Å². The van der Waals surface area contributed by atoms with Crippen LogP contribution in [0.3, 0.4) is 0 Å². The molecule has 1 heterocycles. The van der Waals surface area contributed by atoms with Gasteiger partial charge in [0.2, 0.25) is 0 Å². The summed E-state index contributed by atoms with van der Waals surface area (Å²) >= 11 is 3.65. The zero-order valence-electron chi connectivity index (χ0n) is 13.6. The number of ether oxygens (including phenoxy) is 1. The second-order valence-electron chi connectivity index (χ2n) is 6.37. The van der Waals surface area contributed by atoms with E-state index >= 15 is 0 Å². The lowest BCUT2D eigenvalue weighted by molar-refractivity contribution is -0.385. The fourth-order valence-corrected chi connectivity index (χ4v) is 4.48. The summed E-state index contributed by atoms with van der Waals surface area (Å²) in [4.78, 5) is 10.9. The Balaban J connectivity index is 1.87. The summed E-state index contributed by atoms with van der Waals surface area (Å²) < 4.78 is 6.52. The standard InChI is InChI=1S/C19H17BrN2O3/c1-25-17-10-11(22(23)24)9-15-12-6-4-7-13(12)18(21-19(15)17)14-5-2-3-8-16(14)20/h2-6,8-10,12-13,18,21H,7H2,1H3/t12-,13+,18-/m0/s1. The molecule has 0 saturated heterocycles. The molecular weight excluding hydrogens is 384 g/mol. The van der Waals surface area contributed by atoms with E-state index in [-0.39, 0.29) is 22.6 Å². The van der Waals surface area contributed by atoms with Crippen LogP contribution in [0.1, 0.15) is 29.5 Å². The number of nitrogens with zero attached hydrogens (tertiary/aromatic N) is 1. The molecule has 0 bridgehead atoms. The molecule has 2 aromatic rings. The minimum absolute atomic E-state index is 0.0655. The van der Waals surface area contributed by atoms with Gasteiger partial charge in [-0.05, 0) is 29.5 Å². The highest BCUT2D eigenvalue weighted by atomic mass is 79.9. The zero-order valence-corrected chi connectivity index (χ0v) is 15.2. The summed E-state index contributed by atoms with van der Waals surface area (Å²) in [6, 6.07) is 11.5. The number of fused-ring (bicyclic) bond motifs is 3. The normalized spacial score (nSPS) is 23.5. The number of rotatable bonds is 3. The maximum absolute atomic E-state index is 11.3. The molecule has 0 saturated carbocycles. The van der Waals surface area contributed by atoms with E-state index in [2.05, 4.69) is 39.5 Å². The second-order valence-corrected chi connectivity index (χ2v) is 7.22. The fraction of sp³-hybridized carbons (Fsp3) is 0.263. The van der Waals surface area contributed by atoms with Gasteiger partial charge in [-0.2, -0.15) is 0 Å². The largest absolute Gasteiger partial charge is 0.494 e. The van der Waals surface area contributed by atoms with Crippen LogP contribution in [0.5, 0.6) is 5.75 Å². The van der Waals surface area contributed by atoms with Crippen LogP contribution >= 0.6 is 15.9 Å². The quantitative estimate of drug-likeness (QED) is 0.437. The second kappa shape index (κ2) is 6.19. The maximum atomic E-state index is 11.3. The molecule has 0 unspecified atom stereocenters. The van der Waals surface area contributed by atoms with Crippen molar-refractivity contribution < 1.29 is 9.66 Å². The Morgan fingerprint density at radius 2 is 2.08 bits per heavy atom. The minimum Gasteiger partial charge on any atom is -0.494 e. The first-order valence-electron chi connectivity index (χ1n) is 8.14. The Bertz CT molecular complexity index is 881. The number of nitro groups is 1. The summed E-state index contributed by atoms with van der Waals surface area (Å²) in [6.07, 6.45) is 5.27. The highest BCUT2D eigenvalue weighted by Gasteiger charge is 2.40. The van der Waals surface area contributed by atoms with Gasteiger partial charge in [0.05, 0.1) is 29.8 Å². The van der Waals surface area contributed by atoms with E-state index in [1.54, 1.807) is 13.2 Å². The van der Waals surface area contributed by atoms with Gasteiger partial charge in [-0.1, -0.05) is 46.3 Å². The summed E-state index contributed by atoms with van der Waals surface area (Å²) in [7, 11) is 1.55. The van der Waals surface area contributed by atoms with E-state index in [0.717, 1.165) is 22.1 Å². The van der Waals surface area contributed by atoms with E-state index in [4.69, 9.17) is 4.74 Å². The number of allylic oxidation sites excluding steroid dienone is 2. The van der Waals surface area contributed by atoms with E-state index in [9.17, 15) is 10.1 Å². The number of halogens is 1. The summed E-state index contributed by atoms with van der Waals surface area (Å²) in [5.74, 6) is 0.972. The zero-order chi connectivity index (χ0) is 17.6. The molecular formula is C19H17BrN2O3. The monoisotopic (exact) mass is 400 g/mol.